The van der Waals surface area contributed by atoms with Gasteiger partial charge in [0.1, 0.15) is 0 Å². The maximum Gasteiger partial charge on any atom is 0.193 e. The van der Waals surface area contributed by atoms with E-state index in [4.69, 9.17) is 23.2 Å². The minimum Gasteiger partial charge on any atom is -0.289 e. The van der Waals surface area contributed by atoms with Crippen LogP contribution in [-0.4, -0.2) is 12.0 Å². The molecule has 0 aromatic heterocycles. The number of rotatable bonds is 3. The Hall–Kier alpha value is -0.960. The quantitative estimate of drug-likeness (QED) is 0.589. The molecule has 0 fully saturated rings. The molecule has 92 valence electrons. The van der Waals surface area contributed by atoms with E-state index in [9.17, 15) is 4.79 Å². The first kappa shape index (κ1) is 13.5. The van der Waals surface area contributed by atoms with E-state index in [1.807, 2.05) is 24.5 Å². The molecule has 4 heteroatoms. The number of thioether (sulfide) groups is 1. The lowest BCUT2D eigenvalue weighted by Gasteiger charge is -2.04. The summed E-state index contributed by atoms with van der Waals surface area (Å²) in [6.45, 7) is 0. The number of ketones is 1. The summed E-state index contributed by atoms with van der Waals surface area (Å²) in [6.07, 6.45) is 1.97. The standard InChI is InChI=1S/C14H10Cl2OS/c1-18-11-4-2-3-9(7-11)14(17)10-5-6-12(15)13(16)8-10/h2-8H,1H3. The summed E-state index contributed by atoms with van der Waals surface area (Å²) >= 11 is 13.3. The van der Waals surface area contributed by atoms with Gasteiger partial charge in [-0.3, -0.25) is 4.79 Å². The summed E-state index contributed by atoms with van der Waals surface area (Å²) in [4.78, 5) is 13.3. The largest absolute Gasteiger partial charge is 0.289 e. The van der Waals surface area contributed by atoms with E-state index >= 15 is 0 Å². The number of halogens is 2. The predicted octanol–water partition coefficient (Wildman–Crippen LogP) is 4.95. The van der Waals surface area contributed by atoms with Crippen LogP contribution >= 0.6 is 35.0 Å². The van der Waals surface area contributed by atoms with Crippen molar-refractivity contribution >= 4 is 40.7 Å². The first-order valence-electron chi connectivity index (χ1n) is 5.25. The summed E-state index contributed by atoms with van der Waals surface area (Å²) in [5.74, 6) is -0.0514. The summed E-state index contributed by atoms with van der Waals surface area (Å²) in [7, 11) is 0. The molecule has 0 spiro atoms. The minimum absolute atomic E-state index is 0.0514. The molecule has 0 bridgehead atoms. The zero-order valence-electron chi connectivity index (χ0n) is 9.61. The predicted molar refractivity (Wildman–Crippen MR) is 78.1 cm³/mol. The molecule has 18 heavy (non-hydrogen) atoms. The molecule has 1 nitrogen and oxygen atoms in total. The van der Waals surface area contributed by atoms with Crippen LogP contribution in [0.15, 0.2) is 47.4 Å². The van der Waals surface area contributed by atoms with Crippen LogP contribution in [0.4, 0.5) is 0 Å². The molecule has 0 saturated heterocycles. The summed E-state index contributed by atoms with van der Waals surface area (Å²) < 4.78 is 0. The molecule has 0 amide bonds. The molecule has 0 N–H and O–H groups in total. The van der Waals surface area contributed by atoms with Crippen molar-refractivity contribution in [3.8, 4) is 0 Å². The van der Waals surface area contributed by atoms with Crippen molar-refractivity contribution in [2.24, 2.45) is 0 Å². The fourth-order valence-electron chi connectivity index (χ4n) is 1.57. The van der Waals surface area contributed by atoms with Crippen LogP contribution in [0.5, 0.6) is 0 Å². The lowest BCUT2D eigenvalue weighted by atomic mass is 10.0. The first-order valence-corrected chi connectivity index (χ1v) is 7.23. The van der Waals surface area contributed by atoms with Crippen molar-refractivity contribution in [2.75, 3.05) is 6.26 Å². The molecular formula is C14H10Cl2OS. The van der Waals surface area contributed by atoms with Crippen LogP contribution < -0.4 is 0 Å². The Bertz CT molecular complexity index is 596. The molecule has 0 unspecified atom stereocenters. The summed E-state index contributed by atoms with van der Waals surface area (Å²) in [5.41, 5.74) is 1.20. The average molecular weight is 297 g/mol. The molecule has 0 atom stereocenters. The number of hydrogen-bond donors (Lipinski definition) is 0. The van der Waals surface area contributed by atoms with Crippen LogP contribution in [-0.2, 0) is 0 Å². The van der Waals surface area contributed by atoms with E-state index < -0.39 is 0 Å². The van der Waals surface area contributed by atoms with Gasteiger partial charge in [-0.2, -0.15) is 0 Å². The van der Waals surface area contributed by atoms with Crippen LogP contribution in [0, 0.1) is 0 Å². The molecule has 2 aromatic rings. The van der Waals surface area contributed by atoms with Crippen molar-refractivity contribution < 1.29 is 4.79 Å². The van der Waals surface area contributed by atoms with E-state index in [-0.39, 0.29) is 5.78 Å². The SMILES string of the molecule is CSc1cccc(C(=O)c2ccc(Cl)c(Cl)c2)c1. The Morgan fingerprint density at radius 1 is 1.00 bits per heavy atom. The number of carbonyl (C=O) groups is 1. The molecule has 0 aliphatic heterocycles. The third-order valence-corrected chi connectivity index (χ3v) is 3.98. The summed E-state index contributed by atoms with van der Waals surface area (Å²) in [5, 5.41) is 0.842. The normalized spacial score (nSPS) is 10.4. The second-order valence-corrected chi connectivity index (χ2v) is 5.38. The van der Waals surface area contributed by atoms with Crippen molar-refractivity contribution in [1.82, 2.24) is 0 Å². The maximum absolute atomic E-state index is 12.3. The van der Waals surface area contributed by atoms with Crippen LogP contribution in [0.2, 0.25) is 10.0 Å². The third-order valence-electron chi connectivity index (χ3n) is 2.51. The smallest absolute Gasteiger partial charge is 0.193 e. The highest BCUT2D eigenvalue weighted by molar-refractivity contribution is 7.98. The van der Waals surface area contributed by atoms with Gasteiger partial charge < -0.3 is 0 Å². The van der Waals surface area contributed by atoms with Gasteiger partial charge in [0.2, 0.25) is 0 Å². The van der Waals surface area contributed by atoms with Gasteiger partial charge in [0.05, 0.1) is 10.0 Å². The molecule has 0 aliphatic rings. The molecule has 0 aliphatic carbocycles. The van der Waals surface area contributed by atoms with Gasteiger partial charge >= 0.3 is 0 Å². The van der Waals surface area contributed by atoms with E-state index in [0.29, 0.717) is 21.2 Å². The van der Waals surface area contributed by atoms with Crippen molar-refractivity contribution in [1.29, 1.82) is 0 Å². The highest BCUT2D eigenvalue weighted by Crippen LogP contribution is 2.24. The first-order chi connectivity index (χ1) is 8.61. The molecule has 0 saturated carbocycles. The Kier molecular flexibility index (Phi) is 4.33. The van der Waals surface area contributed by atoms with Gasteiger partial charge in [-0.25, -0.2) is 0 Å². The second kappa shape index (κ2) is 5.79. The topological polar surface area (TPSA) is 17.1 Å². The fourth-order valence-corrected chi connectivity index (χ4v) is 2.33. The zero-order chi connectivity index (χ0) is 13.1. The Labute approximate surface area is 120 Å². The van der Waals surface area contributed by atoms with Crippen LogP contribution in [0.3, 0.4) is 0 Å². The monoisotopic (exact) mass is 296 g/mol. The average Bonchev–Trinajstić information content (AvgIpc) is 2.41. The maximum atomic E-state index is 12.3. The van der Waals surface area contributed by atoms with Gasteiger partial charge in [0, 0.05) is 16.0 Å². The molecule has 0 heterocycles. The molecule has 2 aromatic carbocycles. The van der Waals surface area contributed by atoms with Crippen LogP contribution in [0.25, 0.3) is 0 Å². The number of hydrogen-bond acceptors (Lipinski definition) is 2. The number of carbonyl (C=O) groups excluding carboxylic acids is 1. The Balaban J connectivity index is 2.38. The Morgan fingerprint density at radius 3 is 2.39 bits per heavy atom. The zero-order valence-corrected chi connectivity index (χ0v) is 11.9. The van der Waals surface area contributed by atoms with Gasteiger partial charge in [-0.05, 0) is 36.6 Å². The van der Waals surface area contributed by atoms with E-state index in [2.05, 4.69) is 0 Å². The highest BCUT2D eigenvalue weighted by atomic mass is 35.5. The minimum atomic E-state index is -0.0514. The molecule has 0 radical (unpaired) electrons. The molecular weight excluding hydrogens is 287 g/mol. The van der Waals surface area contributed by atoms with Crippen LogP contribution in [0.1, 0.15) is 15.9 Å². The third kappa shape index (κ3) is 2.89. The summed E-state index contributed by atoms with van der Waals surface area (Å²) in [6, 6.07) is 12.4. The van der Waals surface area contributed by atoms with Crippen molar-refractivity contribution in [3.05, 3.63) is 63.6 Å². The van der Waals surface area contributed by atoms with E-state index in [1.165, 1.54) is 0 Å². The van der Waals surface area contributed by atoms with Crippen molar-refractivity contribution in [3.63, 3.8) is 0 Å². The van der Waals surface area contributed by atoms with E-state index in [1.54, 1.807) is 36.0 Å². The van der Waals surface area contributed by atoms with Gasteiger partial charge in [0.15, 0.2) is 5.78 Å². The van der Waals surface area contributed by atoms with Gasteiger partial charge in [0.25, 0.3) is 0 Å². The molecule has 2 rings (SSSR count). The second-order valence-electron chi connectivity index (χ2n) is 3.69. The van der Waals surface area contributed by atoms with E-state index in [0.717, 1.165) is 4.90 Å². The van der Waals surface area contributed by atoms with Crippen molar-refractivity contribution in [2.45, 2.75) is 4.90 Å². The fraction of sp³-hybridized carbons (Fsp3) is 0.0714. The van der Waals surface area contributed by atoms with Gasteiger partial charge in [-0.1, -0.05) is 35.3 Å². The highest BCUT2D eigenvalue weighted by Gasteiger charge is 2.11. The van der Waals surface area contributed by atoms with Gasteiger partial charge in [-0.15, -0.1) is 11.8 Å². The Morgan fingerprint density at radius 2 is 1.72 bits per heavy atom. The number of benzene rings is 2. The lowest BCUT2D eigenvalue weighted by Crippen LogP contribution is -2.01. The lowest BCUT2D eigenvalue weighted by molar-refractivity contribution is 0.103.